The molecule has 1 amide bonds. The van der Waals surface area contributed by atoms with Crippen molar-refractivity contribution in [3.8, 4) is 0 Å². The Morgan fingerprint density at radius 2 is 2.25 bits per heavy atom. The number of amides is 1. The predicted octanol–water partition coefficient (Wildman–Crippen LogP) is 2.28. The predicted molar refractivity (Wildman–Crippen MR) is 79.4 cm³/mol. The van der Waals surface area contributed by atoms with Gasteiger partial charge < -0.3 is 15.0 Å². The maximum Gasteiger partial charge on any atom is 0.259 e. The molecule has 1 aliphatic carbocycles. The van der Waals surface area contributed by atoms with Gasteiger partial charge in [0.2, 0.25) is 0 Å². The average molecular weight is 295 g/mol. The van der Waals surface area contributed by atoms with E-state index in [4.69, 9.17) is 4.74 Å². The summed E-state index contributed by atoms with van der Waals surface area (Å²) in [5.74, 6) is 0.112. The number of anilines is 1. The molecule has 1 aromatic heterocycles. The number of nitrogens with one attached hydrogen (secondary N) is 1. The molecule has 5 nitrogen and oxygen atoms in total. The molecular formula is C14H21N3O2S. The lowest BCUT2D eigenvalue weighted by Crippen LogP contribution is -2.54. The molecular weight excluding hydrogens is 274 g/mol. The molecule has 0 radical (unpaired) electrons. The third kappa shape index (κ3) is 2.31. The Labute approximate surface area is 123 Å². The van der Waals surface area contributed by atoms with Crippen LogP contribution in [0.25, 0.3) is 0 Å². The second kappa shape index (κ2) is 5.69. The number of carbonyl (C=O) groups excluding carboxylic acids is 1. The van der Waals surface area contributed by atoms with E-state index in [2.05, 4.69) is 9.69 Å². The smallest absolute Gasteiger partial charge is 0.259 e. The summed E-state index contributed by atoms with van der Waals surface area (Å²) in [6.07, 6.45) is 4.76. The zero-order valence-electron chi connectivity index (χ0n) is 12.0. The van der Waals surface area contributed by atoms with Crippen molar-refractivity contribution in [2.45, 2.75) is 44.8 Å². The van der Waals surface area contributed by atoms with Crippen LogP contribution in [0.15, 0.2) is 0 Å². The molecule has 2 unspecified atom stereocenters. The topological polar surface area (TPSA) is 54.5 Å². The van der Waals surface area contributed by atoms with Crippen molar-refractivity contribution in [1.82, 2.24) is 9.27 Å². The molecule has 2 fully saturated rings. The zero-order chi connectivity index (χ0) is 14.1. The molecule has 3 rings (SSSR count). The molecule has 0 spiro atoms. The summed E-state index contributed by atoms with van der Waals surface area (Å²) in [6.45, 7) is 3.25. The summed E-state index contributed by atoms with van der Waals surface area (Å²) in [5.41, 5.74) is 1.56. The van der Waals surface area contributed by atoms with Crippen LogP contribution in [0.2, 0.25) is 0 Å². The van der Waals surface area contributed by atoms with Crippen LogP contribution in [0.3, 0.4) is 0 Å². The Morgan fingerprint density at radius 3 is 3.05 bits per heavy atom. The molecule has 0 bridgehead atoms. The van der Waals surface area contributed by atoms with E-state index in [1.807, 2.05) is 18.9 Å². The number of fused-ring (bicyclic) bond motifs is 1. The largest absolute Gasteiger partial charge is 0.378 e. The summed E-state index contributed by atoms with van der Waals surface area (Å²) in [5, 5.41) is 3.95. The SMILES string of the molecule is CNc1snc(C)c1C(=O)N1CCOC2CCCCC21. The monoisotopic (exact) mass is 295 g/mol. The van der Waals surface area contributed by atoms with Crippen LogP contribution in [0, 0.1) is 6.92 Å². The van der Waals surface area contributed by atoms with Gasteiger partial charge in [-0.2, -0.15) is 4.37 Å². The fraction of sp³-hybridized carbons (Fsp3) is 0.714. The van der Waals surface area contributed by atoms with E-state index in [1.165, 1.54) is 24.4 Å². The first kappa shape index (κ1) is 13.8. The highest BCUT2D eigenvalue weighted by molar-refractivity contribution is 7.10. The Balaban J connectivity index is 1.87. The van der Waals surface area contributed by atoms with Crippen molar-refractivity contribution in [1.29, 1.82) is 0 Å². The molecule has 1 aromatic rings. The highest BCUT2D eigenvalue weighted by Crippen LogP contribution is 2.32. The number of morpholine rings is 1. The lowest BCUT2D eigenvalue weighted by Gasteiger charge is -2.43. The van der Waals surface area contributed by atoms with Crippen molar-refractivity contribution in [2.75, 3.05) is 25.5 Å². The average Bonchev–Trinajstić information content (AvgIpc) is 2.87. The summed E-state index contributed by atoms with van der Waals surface area (Å²) < 4.78 is 10.2. The molecule has 1 aliphatic heterocycles. The molecule has 0 aromatic carbocycles. The Kier molecular flexibility index (Phi) is 3.94. The molecule has 2 aliphatic rings. The number of rotatable bonds is 2. The standard InChI is InChI=1S/C14H21N3O2S/c1-9-12(13(15-2)20-16-9)14(18)17-7-8-19-11-6-4-3-5-10(11)17/h10-11,15H,3-8H2,1-2H3. The van der Waals surface area contributed by atoms with E-state index < -0.39 is 0 Å². The van der Waals surface area contributed by atoms with Crippen LogP contribution in [0.1, 0.15) is 41.7 Å². The maximum atomic E-state index is 12.9. The fourth-order valence-corrected chi connectivity index (χ4v) is 4.02. The first-order valence-electron chi connectivity index (χ1n) is 7.29. The highest BCUT2D eigenvalue weighted by atomic mass is 32.1. The van der Waals surface area contributed by atoms with Gasteiger partial charge in [-0.05, 0) is 31.3 Å². The molecule has 2 heterocycles. The number of aryl methyl sites for hydroxylation is 1. The van der Waals surface area contributed by atoms with Crippen molar-refractivity contribution in [2.24, 2.45) is 0 Å². The van der Waals surface area contributed by atoms with Gasteiger partial charge >= 0.3 is 0 Å². The Hall–Kier alpha value is -1.14. The van der Waals surface area contributed by atoms with E-state index in [0.29, 0.717) is 13.2 Å². The van der Waals surface area contributed by atoms with Gasteiger partial charge in [-0.1, -0.05) is 12.8 Å². The van der Waals surface area contributed by atoms with Gasteiger partial charge in [0, 0.05) is 13.6 Å². The normalized spacial score (nSPS) is 26.2. The first-order chi connectivity index (χ1) is 9.72. The minimum atomic E-state index is 0.112. The fourth-order valence-electron chi connectivity index (χ4n) is 3.28. The number of ether oxygens (including phenoxy) is 1. The third-order valence-corrected chi connectivity index (χ3v) is 5.25. The molecule has 1 saturated carbocycles. The third-order valence-electron chi connectivity index (χ3n) is 4.30. The summed E-state index contributed by atoms with van der Waals surface area (Å²) in [6, 6.07) is 0.244. The second-order valence-electron chi connectivity index (χ2n) is 5.48. The van der Waals surface area contributed by atoms with Crippen LogP contribution in [0.4, 0.5) is 5.00 Å². The summed E-state index contributed by atoms with van der Waals surface area (Å²) >= 11 is 1.36. The van der Waals surface area contributed by atoms with Gasteiger partial charge in [-0.3, -0.25) is 4.79 Å². The zero-order valence-corrected chi connectivity index (χ0v) is 12.8. The molecule has 110 valence electrons. The van der Waals surface area contributed by atoms with Crippen molar-refractivity contribution in [3.63, 3.8) is 0 Å². The number of hydrogen-bond acceptors (Lipinski definition) is 5. The van der Waals surface area contributed by atoms with Gasteiger partial charge in [0.25, 0.3) is 5.91 Å². The van der Waals surface area contributed by atoms with Crippen LogP contribution in [-0.2, 0) is 4.74 Å². The van der Waals surface area contributed by atoms with Crippen LogP contribution in [-0.4, -0.2) is 47.5 Å². The minimum absolute atomic E-state index is 0.112. The highest BCUT2D eigenvalue weighted by Gasteiger charge is 2.38. The lowest BCUT2D eigenvalue weighted by molar-refractivity contribution is -0.0752. The lowest BCUT2D eigenvalue weighted by atomic mass is 9.89. The van der Waals surface area contributed by atoms with Gasteiger partial charge in [0.1, 0.15) is 5.00 Å². The van der Waals surface area contributed by atoms with Gasteiger partial charge in [0.15, 0.2) is 0 Å². The first-order valence-corrected chi connectivity index (χ1v) is 8.06. The van der Waals surface area contributed by atoms with Crippen molar-refractivity contribution in [3.05, 3.63) is 11.3 Å². The van der Waals surface area contributed by atoms with Crippen molar-refractivity contribution >= 4 is 22.4 Å². The number of hydrogen-bond donors (Lipinski definition) is 1. The number of aromatic nitrogens is 1. The minimum Gasteiger partial charge on any atom is -0.378 e. The van der Waals surface area contributed by atoms with Crippen molar-refractivity contribution < 1.29 is 9.53 Å². The van der Waals surface area contributed by atoms with Gasteiger partial charge in [-0.15, -0.1) is 0 Å². The molecule has 2 atom stereocenters. The van der Waals surface area contributed by atoms with E-state index in [1.54, 1.807) is 0 Å². The second-order valence-corrected chi connectivity index (χ2v) is 6.26. The molecule has 1 saturated heterocycles. The summed E-state index contributed by atoms with van der Waals surface area (Å²) in [7, 11) is 1.84. The van der Waals surface area contributed by atoms with Gasteiger partial charge in [-0.25, -0.2) is 0 Å². The number of nitrogens with zero attached hydrogens (tertiary/aromatic N) is 2. The Bertz CT molecular complexity index is 501. The van der Waals surface area contributed by atoms with Crippen LogP contribution in [0.5, 0.6) is 0 Å². The van der Waals surface area contributed by atoms with E-state index in [-0.39, 0.29) is 18.1 Å². The van der Waals surface area contributed by atoms with Crippen LogP contribution < -0.4 is 5.32 Å². The van der Waals surface area contributed by atoms with Crippen LogP contribution >= 0.6 is 11.5 Å². The van der Waals surface area contributed by atoms with E-state index in [9.17, 15) is 4.79 Å². The summed E-state index contributed by atoms with van der Waals surface area (Å²) in [4.78, 5) is 14.9. The van der Waals surface area contributed by atoms with E-state index in [0.717, 1.165) is 29.1 Å². The molecule has 20 heavy (non-hydrogen) atoms. The number of carbonyl (C=O) groups is 1. The quantitative estimate of drug-likeness (QED) is 0.909. The van der Waals surface area contributed by atoms with E-state index >= 15 is 0 Å². The Morgan fingerprint density at radius 1 is 1.45 bits per heavy atom. The molecule has 6 heteroatoms. The maximum absolute atomic E-state index is 12.9. The molecule has 1 N–H and O–H groups in total. The van der Waals surface area contributed by atoms with Gasteiger partial charge in [0.05, 0.1) is 30.0 Å².